The number of rotatable bonds is 7. The van der Waals surface area contributed by atoms with E-state index in [0.717, 1.165) is 31.0 Å². The summed E-state index contributed by atoms with van der Waals surface area (Å²) >= 11 is 0. The molecule has 0 amide bonds. The molecular formula is C11H20N2O2. The lowest BCUT2D eigenvalue weighted by atomic mass is 10.3. The number of oxazole rings is 1. The Morgan fingerprint density at radius 1 is 1.53 bits per heavy atom. The van der Waals surface area contributed by atoms with Gasteiger partial charge >= 0.3 is 0 Å². The van der Waals surface area contributed by atoms with Gasteiger partial charge in [0.1, 0.15) is 12.4 Å². The first-order valence-corrected chi connectivity index (χ1v) is 5.38. The first kappa shape index (κ1) is 12.2. The standard InChI is InChI=1S/C11H20N2O2/c1-9(2)12-6-4-5-11-13-7-10(15-11)8-14-3/h7,9,12H,4-6,8H2,1-3H3. The number of ether oxygens (including phenoxy) is 1. The summed E-state index contributed by atoms with van der Waals surface area (Å²) in [5.41, 5.74) is 0. The Hall–Kier alpha value is -0.870. The van der Waals surface area contributed by atoms with Crippen LogP contribution in [0.2, 0.25) is 0 Å². The van der Waals surface area contributed by atoms with Gasteiger partial charge in [-0.3, -0.25) is 0 Å². The monoisotopic (exact) mass is 212 g/mol. The van der Waals surface area contributed by atoms with Crippen LogP contribution in [-0.2, 0) is 17.8 Å². The van der Waals surface area contributed by atoms with Crippen LogP contribution in [0.25, 0.3) is 0 Å². The van der Waals surface area contributed by atoms with Gasteiger partial charge in [0.25, 0.3) is 0 Å². The zero-order valence-corrected chi connectivity index (χ0v) is 9.75. The SMILES string of the molecule is COCc1cnc(CCCNC(C)C)o1. The van der Waals surface area contributed by atoms with Crippen molar-refractivity contribution in [2.24, 2.45) is 0 Å². The highest BCUT2D eigenvalue weighted by Crippen LogP contribution is 2.06. The third kappa shape index (κ3) is 4.95. The topological polar surface area (TPSA) is 47.3 Å². The highest BCUT2D eigenvalue weighted by atomic mass is 16.5. The van der Waals surface area contributed by atoms with Crippen molar-refractivity contribution in [3.05, 3.63) is 17.8 Å². The smallest absolute Gasteiger partial charge is 0.194 e. The summed E-state index contributed by atoms with van der Waals surface area (Å²) in [6, 6.07) is 0.540. The maximum Gasteiger partial charge on any atom is 0.194 e. The van der Waals surface area contributed by atoms with E-state index in [0.29, 0.717) is 12.6 Å². The molecule has 0 spiro atoms. The summed E-state index contributed by atoms with van der Waals surface area (Å²) in [5.74, 6) is 1.59. The Kier molecular flexibility index (Phi) is 5.36. The van der Waals surface area contributed by atoms with E-state index >= 15 is 0 Å². The summed E-state index contributed by atoms with van der Waals surface area (Å²) in [6.45, 7) is 5.78. The van der Waals surface area contributed by atoms with Gasteiger partial charge in [0.05, 0.1) is 6.20 Å². The number of aromatic nitrogens is 1. The lowest BCUT2D eigenvalue weighted by Crippen LogP contribution is -2.23. The van der Waals surface area contributed by atoms with Gasteiger partial charge in [-0.05, 0) is 13.0 Å². The quantitative estimate of drug-likeness (QED) is 0.699. The van der Waals surface area contributed by atoms with Gasteiger partial charge in [0, 0.05) is 19.6 Å². The van der Waals surface area contributed by atoms with Gasteiger partial charge in [-0.15, -0.1) is 0 Å². The maximum atomic E-state index is 5.47. The third-order valence-corrected chi connectivity index (χ3v) is 2.01. The van der Waals surface area contributed by atoms with Crippen LogP contribution in [0, 0.1) is 0 Å². The fourth-order valence-corrected chi connectivity index (χ4v) is 1.30. The van der Waals surface area contributed by atoms with Crippen LogP contribution in [0.15, 0.2) is 10.6 Å². The van der Waals surface area contributed by atoms with Crippen molar-refractivity contribution >= 4 is 0 Å². The molecule has 1 aromatic heterocycles. The molecule has 0 radical (unpaired) electrons. The second-order valence-corrected chi connectivity index (χ2v) is 3.87. The molecule has 0 fully saturated rings. The van der Waals surface area contributed by atoms with Gasteiger partial charge < -0.3 is 14.5 Å². The van der Waals surface area contributed by atoms with E-state index in [9.17, 15) is 0 Å². The van der Waals surface area contributed by atoms with Crippen LogP contribution in [0.3, 0.4) is 0 Å². The minimum Gasteiger partial charge on any atom is -0.443 e. The molecule has 4 nitrogen and oxygen atoms in total. The molecule has 4 heteroatoms. The minimum absolute atomic E-state index is 0.497. The van der Waals surface area contributed by atoms with E-state index < -0.39 is 0 Å². The molecule has 0 aliphatic rings. The largest absolute Gasteiger partial charge is 0.443 e. The lowest BCUT2D eigenvalue weighted by Gasteiger charge is -2.05. The van der Waals surface area contributed by atoms with Crippen molar-refractivity contribution in [2.45, 2.75) is 39.3 Å². The van der Waals surface area contributed by atoms with E-state index in [4.69, 9.17) is 9.15 Å². The lowest BCUT2D eigenvalue weighted by molar-refractivity contribution is 0.162. The van der Waals surface area contributed by atoms with Crippen LogP contribution in [-0.4, -0.2) is 24.7 Å². The summed E-state index contributed by atoms with van der Waals surface area (Å²) in [4.78, 5) is 4.18. The van der Waals surface area contributed by atoms with E-state index in [1.807, 2.05) is 0 Å². The van der Waals surface area contributed by atoms with Crippen molar-refractivity contribution in [3.63, 3.8) is 0 Å². The van der Waals surface area contributed by atoms with E-state index in [2.05, 4.69) is 24.1 Å². The van der Waals surface area contributed by atoms with Crippen molar-refractivity contribution in [3.8, 4) is 0 Å². The average molecular weight is 212 g/mol. The summed E-state index contributed by atoms with van der Waals surface area (Å²) in [5, 5.41) is 3.35. The molecule has 1 heterocycles. The van der Waals surface area contributed by atoms with E-state index in [1.54, 1.807) is 13.3 Å². The Labute approximate surface area is 91.0 Å². The molecule has 1 N–H and O–H groups in total. The third-order valence-electron chi connectivity index (χ3n) is 2.01. The molecule has 0 aromatic carbocycles. The molecule has 0 aliphatic carbocycles. The number of hydrogen-bond acceptors (Lipinski definition) is 4. The molecular weight excluding hydrogens is 192 g/mol. The molecule has 0 saturated carbocycles. The van der Waals surface area contributed by atoms with E-state index in [-0.39, 0.29) is 0 Å². The first-order chi connectivity index (χ1) is 7.22. The Morgan fingerprint density at radius 2 is 2.33 bits per heavy atom. The minimum atomic E-state index is 0.497. The van der Waals surface area contributed by atoms with Crippen LogP contribution >= 0.6 is 0 Å². The van der Waals surface area contributed by atoms with Gasteiger partial charge in [0.2, 0.25) is 0 Å². The molecule has 1 rings (SSSR count). The van der Waals surface area contributed by atoms with Gasteiger partial charge in [-0.1, -0.05) is 13.8 Å². The molecule has 15 heavy (non-hydrogen) atoms. The van der Waals surface area contributed by atoms with Gasteiger partial charge in [-0.25, -0.2) is 4.98 Å². The fourth-order valence-electron chi connectivity index (χ4n) is 1.30. The number of nitrogens with one attached hydrogen (secondary N) is 1. The van der Waals surface area contributed by atoms with Gasteiger partial charge in [-0.2, -0.15) is 0 Å². The predicted octanol–water partition coefficient (Wildman–Crippen LogP) is 1.75. The normalized spacial score (nSPS) is 11.2. The van der Waals surface area contributed by atoms with Crippen LogP contribution < -0.4 is 5.32 Å². The predicted molar refractivity (Wildman–Crippen MR) is 58.7 cm³/mol. The fraction of sp³-hybridized carbons (Fsp3) is 0.727. The Morgan fingerprint density at radius 3 is 3.00 bits per heavy atom. The van der Waals surface area contributed by atoms with Crippen molar-refractivity contribution in [2.75, 3.05) is 13.7 Å². The molecule has 0 unspecified atom stereocenters. The van der Waals surface area contributed by atoms with E-state index in [1.165, 1.54) is 0 Å². The van der Waals surface area contributed by atoms with Gasteiger partial charge in [0.15, 0.2) is 5.89 Å². The molecule has 86 valence electrons. The summed E-state index contributed by atoms with van der Waals surface area (Å²) in [6.07, 6.45) is 3.66. The highest BCUT2D eigenvalue weighted by molar-refractivity contribution is 4.92. The van der Waals surface area contributed by atoms with Crippen molar-refractivity contribution in [1.29, 1.82) is 0 Å². The molecule has 0 aliphatic heterocycles. The van der Waals surface area contributed by atoms with Crippen molar-refractivity contribution < 1.29 is 9.15 Å². The van der Waals surface area contributed by atoms with Crippen molar-refractivity contribution in [1.82, 2.24) is 10.3 Å². The van der Waals surface area contributed by atoms with Crippen LogP contribution in [0.5, 0.6) is 0 Å². The zero-order valence-electron chi connectivity index (χ0n) is 9.75. The number of nitrogens with zero attached hydrogens (tertiary/aromatic N) is 1. The molecule has 0 bridgehead atoms. The second kappa shape index (κ2) is 6.58. The molecule has 0 saturated heterocycles. The summed E-state index contributed by atoms with van der Waals surface area (Å²) < 4.78 is 10.4. The first-order valence-electron chi connectivity index (χ1n) is 5.38. The summed E-state index contributed by atoms with van der Waals surface area (Å²) in [7, 11) is 1.65. The van der Waals surface area contributed by atoms with Crippen LogP contribution in [0.4, 0.5) is 0 Å². The number of hydrogen-bond donors (Lipinski definition) is 1. The van der Waals surface area contributed by atoms with Crippen LogP contribution in [0.1, 0.15) is 31.9 Å². The Balaban J connectivity index is 2.19. The molecule has 1 aromatic rings. The number of methoxy groups -OCH3 is 1. The average Bonchev–Trinajstić information content (AvgIpc) is 2.61. The maximum absolute atomic E-state index is 5.47. The molecule has 0 atom stereocenters. The highest BCUT2D eigenvalue weighted by Gasteiger charge is 2.03. The Bertz CT molecular complexity index is 271. The second-order valence-electron chi connectivity index (χ2n) is 3.87. The zero-order chi connectivity index (χ0) is 11.1. The number of aryl methyl sites for hydroxylation is 1.